The van der Waals surface area contributed by atoms with E-state index in [4.69, 9.17) is 0 Å². The highest BCUT2D eigenvalue weighted by atomic mass is 16.2. The molecule has 0 N–H and O–H groups in total. The molecule has 1 aromatic rings. The second-order valence-corrected chi connectivity index (χ2v) is 4.49. The Hall–Kier alpha value is -1.31. The number of carbonyl (C=O) groups excluding carboxylic acids is 1. The van der Waals surface area contributed by atoms with Crippen LogP contribution >= 0.6 is 0 Å². The molecule has 0 bridgehead atoms. The maximum atomic E-state index is 11.7. The predicted molar refractivity (Wildman–Crippen MR) is 65.3 cm³/mol. The van der Waals surface area contributed by atoms with E-state index in [0.29, 0.717) is 18.4 Å². The zero-order chi connectivity index (χ0) is 11.5. The van der Waals surface area contributed by atoms with Crippen LogP contribution in [-0.2, 0) is 4.79 Å². The molecule has 1 fully saturated rings. The van der Waals surface area contributed by atoms with E-state index in [1.807, 2.05) is 17.9 Å². The molecule has 2 atom stereocenters. The van der Waals surface area contributed by atoms with Crippen molar-refractivity contribution in [3.8, 4) is 0 Å². The number of amides is 1. The van der Waals surface area contributed by atoms with Crippen molar-refractivity contribution in [1.82, 2.24) is 4.90 Å². The molecule has 2 unspecified atom stereocenters. The molecule has 0 aliphatic carbocycles. The Morgan fingerprint density at radius 1 is 1.38 bits per heavy atom. The van der Waals surface area contributed by atoms with E-state index in [1.54, 1.807) is 0 Å². The van der Waals surface area contributed by atoms with Gasteiger partial charge in [-0.3, -0.25) is 4.79 Å². The summed E-state index contributed by atoms with van der Waals surface area (Å²) in [5.41, 5.74) is 1.36. The lowest BCUT2D eigenvalue weighted by molar-refractivity contribution is -0.131. The van der Waals surface area contributed by atoms with E-state index in [0.717, 1.165) is 13.0 Å². The third kappa shape index (κ3) is 1.97. The molecule has 1 amide bonds. The Labute approximate surface area is 97.3 Å². The van der Waals surface area contributed by atoms with Gasteiger partial charge in [0.2, 0.25) is 5.91 Å². The van der Waals surface area contributed by atoms with E-state index < -0.39 is 0 Å². The average molecular weight is 217 g/mol. The lowest BCUT2D eigenvalue weighted by Crippen LogP contribution is -2.34. The van der Waals surface area contributed by atoms with Gasteiger partial charge in [-0.05, 0) is 18.9 Å². The first-order chi connectivity index (χ1) is 7.74. The minimum absolute atomic E-state index is 0.283. The van der Waals surface area contributed by atoms with Gasteiger partial charge >= 0.3 is 0 Å². The maximum absolute atomic E-state index is 11.7. The molecule has 2 nitrogen and oxygen atoms in total. The number of carbonyl (C=O) groups is 1. The highest BCUT2D eigenvalue weighted by molar-refractivity contribution is 5.76. The van der Waals surface area contributed by atoms with Gasteiger partial charge in [-0.15, -0.1) is 0 Å². The molecule has 0 radical (unpaired) electrons. The van der Waals surface area contributed by atoms with Crippen LogP contribution in [0.2, 0.25) is 0 Å². The smallest absolute Gasteiger partial charge is 0.222 e. The molecule has 1 heterocycles. The lowest BCUT2D eigenvalue weighted by Gasteiger charge is -2.24. The Morgan fingerprint density at radius 3 is 2.69 bits per heavy atom. The van der Waals surface area contributed by atoms with Gasteiger partial charge in [0.25, 0.3) is 0 Å². The van der Waals surface area contributed by atoms with E-state index in [1.165, 1.54) is 5.56 Å². The molecule has 2 heteroatoms. The summed E-state index contributed by atoms with van der Waals surface area (Å²) in [5.74, 6) is 0.794. The molecule has 1 aliphatic rings. The summed E-state index contributed by atoms with van der Waals surface area (Å²) in [6.45, 7) is 5.01. The summed E-state index contributed by atoms with van der Waals surface area (Å²) in [6, 6.07) is 10.9. The normalized spacial score (nSPS) is 24.8. The first-order valence-corrected chi connectivity index (χ1v) is 6.08. The van der Waals surface area contributed by atoms with Crippen LogP contribution in [0.3, 0.4) is 0 Å². The quantitative estimate of drug-likeness (QED) is 0.746. The minimum Gasteiger partial charge on any atom is -0.339 e. The van der Waals surface area contributed by atoms with Gasteiger partial charge < -0.3 is 4.90 Å². The molecular formula is C14H19NO. The van der Waals surface area contributed by atoms with Crippen molar-refractivity contribution >= 4 is 5.91 Å². The van der Waals surface area contributed by atoms with E-state index in [9.17, 15) is 4.79 Å². The Kier molecular flexibility index (Phi) is 3.28. The van der Waals surface area contributed by atoms with Crippen LogP contribution in [0, 0.1) is 0 Å². The molecule has 86 valence electrons. The van der Waals surface area contributed by atoms with E-state index >= 15 is 0 Å². The number of hydrogen-bond donors (Lipinski definition) is 0. The van der Waals surface area contributed by atoms with Crippen LogP contribution in [0.1, 0.15) is 38.2 Å². The van der Waals surface area contributed by atoms with Crippen LogP contribution in [0.4, 0.5) is 0 Å². The Balaban J connectivity index is 2.13. The van der Waals surface area contributed by atoms with Crippen molar-refractivity contribution in [3.05, 3.63) is 35.9 Å². The van der Waals surface area contributed by atoms with Gasteiger partial charge in [0.05, 0.1) is 0 Å². The molecule has 1 aromatic carbocycles. The monoisotopic (exact) mass is 217 g/mol. The number of nitrogens with zero attached hydrogens (tertiary/aromatic N) is 1. The third-order valence-electron chi connectivity index (χ3n) is 3.61. The number of benzene rings is 1. The minimum atomic E-state index is 0.283. The summed E-state index contributed by atoms with van der Waals surface area (Å²) in [7, 11) is 0. The highest BCUT2D eigenvalue weighted by Gasteiger charge is 2.33. The van der Waals surface area contributed by atoms with Gasteiger partial charge in [0.15, 0.2) is 0 Å². The zero-order valence-corrected chi connectivity index (χ0v) is 10.0. The highest BCUT2D eigenvalue weighted by Crippen LogP contribution is 2.33. The average Bonchev–Trinajstić information content (AvgIpc) is 2.71. The van der Waals surface area contributed by atoms with Crippen molar-refractivity contribution in [2.75, 3.05) is 6.54 Å². The van der Waals surface area contributed by atoms with Crippen LogP contribution < -0.4 is 0 Å². The molecule has 0 saturated carbocycles. The SMILES string of the molecule is CCC(=O)N1CCC(c2ccccc2)C1C. The molecule has 16 heavy (non-hydrogen) atoms. The zero-order valence-electron chi connectivity index (χ0n) is 10.0. The summed E-state index contributed by atoms with van der Waals surface area (Å²) in [4.78, 5) is 13.8. The fraction of sp³-hybridized carbons (Fsp3) is 0.500. The molecule has 0 spiro atoms. The van der Waals surface area contributed by atoms with Crippen molar-refractivity contribution in [2.24, 2.45) is 0 Å². The van der Waals surface area contributed by atoms with Gasteiger partial charge in [0, 0.05) is 24.9 Å². The fourth-order valence-electron chi connectivity index (χ4n) is 2.64. The summed E-state index contributed by atoms with van der Waals surface area (Å²) >= 11 is 0. The van der Waals surface area contributed by atoms with E-state index in [2.05, 4.69) is 31.2 Å². The van der Waals surface area contributed by atoms with Gasteiger partial charge in [-0.2, -0.15) is 0 Å². The number of rotatable bonds is 2. The largest absolute Gasteiger partial charge is 0.339 e. The van der Waals surface area contributed by atoms with Crippen molar-refractivity contribution in [1.29, 1.82) is 0 Å². The predicted octanol–water partition coefficient (Wildman–Crippen LogP) is 2.80. The van der Waals surface area contributed by atoms with Crippen molar-refractivity contribution in [2.45, 2.75) is 38.6 Å². The van der Waals surface area contributed by atoms with Crippen LogP contribution in [0.5, 0.6) is 0 Å². The second-order valence-electron chi connectivity index (χ2n) is 4.49. The van der Waals surface area contributed by atoms with E-state index in [-0.39, 0.29) is 5.91 Å². The number of likely N-dealkylation sites (tertiary alicyclic amines) is 1. The summed E-state index contributed by atoms with van der Waals surface area (Å²) in [5, 5.41) is 0. The summed E-state index contributed by atoms with van der Waals surface area (Å²) in [6.07, 6.45) is 1.71. The van der Waals surface area contributed by atoms with Gasteiger partial charge in [-0.1, -0.05) is 37.3 Å². The van der Waals surface area contributed by atoms with Crippen LogP contribution in [-0.4, -0.2) is 23.4 Å². The van der Waals surface area contributed by atoms with Crippen LogP contribution in [0.25, 0.3) is 0 Å². The standard InChI is InChI=1S/C14H19NO/c1-3-14(16)15-10-9-13(11(15)2)12-7-5-4-6-8-12/h4-8,11,13H,3,9-10H2,1-2H3. The fourth-order valence-corrected chi connectivity index (χ4v) is 2.64. The first-order valence-electron chi connectivity index (χ1n) is 6.08. The van der Waals surface area contributed by atoms with Gasteiger partial charge in [-0.25, -0.2) is 0 Å². The number of hydrogen-bond acceptors (Lipinski definition) is 1. The van der Waals surface area contributed by atoms with Crippen LogP contribution in [0.15, 0.2) is 30.3 Å². The molecular weight excluding hydrogens is 198 g/mol. The first kappa shape index (κ1) is 11.2. The van der Waals surface area contributed by atoms with Crippen molar-refractivity contribution < 1.29 is 4.79 Å². The Morgan fingerprint density at radius 2 is 2.06 bits per heavy atom. The van der Waals surface area contributed by atoms with Crippen molar-refractivity contribution in [3.63, 3.8) is 0 Å². The maximum Gasteiger partial charge on any atom is 0.222 e. The lowest BCUT2D eigenvalue weighted by atomic mass is 9.93. The third-order valence-corrected chi connectivity index (χ3v) is 3.61. The molecule has 0 aromatic heterocycles. The van der Waals surface area contributed by atoms with Gasteiger partial charge in [0.1, 0.15) is 0 Å². The summed E-state index contributed by atoms with van der Waals surface area (Å²) < 4.78 is 0. The molecule has 1 saturated heterocycles. The molecule has 1 aliphatic heterocycles. The second kappa shape index (κ2) is 4.69. The topological polar surface area (TPSA) is 20.3 Å². The molecule has 2 rings (SSSR count). The Bertz CT molecular complexity index is 360.